The molecule has 4 heterocycles. The normalized spacial score (nSPS) is 17.2. The Balaban J connectivity index is 1.71. The van der Waals surface area contributed by atoms with Crippen molar-refractivity contribution in [2.45, 2.75) is 26.4 Å². The van der Waals surface area contributed by atoms with Gasteiger partial charge in [0.2, 0.25) is 0 Å². The largest absolute Gasteiger partial charge is 0.377 e. The minimum Gasteiger partial charge on any atom is -0.377 e. The van der Waals surface area contributed by atoms with Gasteiger partial charge in [-0.3, -0.25) is 4.68 Å². The molecule has 1 atom stereocenters. The van der Waals surface area contributed by atoms with Crippen molar-refractivity contribution >= 4 is 16.7 Å². The zero-order chi connectivity index (χ0) is 19.8. The van der Waals surface area contributed by atoms with Crippen molar-refractivity contribution in [3.8, 4) is 22.8 Å². The van der Waals surface area contributed by atoms with Crippen LogP contribution in [-0.4, -0.2) is 50.5 Å². The molecular formula is C22H24N6O. The molecule has 0 bridgehead atoms. The van der Waals surface area contributed by atoms with E-state index in [1.807, 2.05) is 29.2 Å². The minimum atomic E-state index is 0.262. The lowest BCUT2D eigenvalue weighted by Crippen LogP contribution is -2.44. The molecule has 29 heavy (non-hydrogen) atoms. The Morgan fingerprint density at radius 1 is 1.21 bits per heavy atom. The number of aromatic amines is 1. The van der Waals surface area contributed by atoms with Gasteiger partial charge in [0, 0.05) is 48.0 Å². The number of nitrogens with one attached hydrogen (secondary N) is 1. The highest BCUT2D eigenvalue weighted by molar-refractivity contribution is 5.93. The predicted molar refractivity (Wildman–Crippen MR) is 114 cm³/mol. The van der Waals surface area contributed by atoms with Crippen molar-refractivity contribution < 1.29 is 4.74 Å². The molecule has 1 saturated heterocycles. The van der Waals surface area contributed by atoms with E-state index in [9.17, 15) is 0 Å². The quantitative estimate of drug-likeness (QED) is 0.577. The minimum absolute atomic E-state index is 0.262. The lowest BCUT2D eigenvalue weighted by molar-refractivity contribution is 0.0985. The monoisotopic (exact) mass is 388 g/mol. The van der Waals surface area contributed by atoms with E-state index in [0.717, 1.165) is 52.6 Å². The molecule has 1 unspecified atom stereocenters. The van der Waals surface area contributed by atoms with Crippen LogP contribution in [0.15, 0.2) is 48.8 Å². The molecule has 7 heteroatoms. The summed E-state index contributed by atoms with van der Waals surface area (Å²) in [7, 11) is 0. The van der Waals surface area contributed by atoms with Gasteiger partial charge in [-0.1, -0.05) is 12.1 Å². The van der Waals surface area contributed by atoms with E-state index in [1.54, 1.807) is 0 Å². The van der Waals surface area contributed by atoms with Crippen molar-refractivity contribution in [2.75, 3.05) is 24.7 Å². The highest BCUT2D eigenvalue weighted by atomic mass is 16.5. The van der Waals surface area contributed by atoms with Crippen molar-refractivity contribution in [1.82, 2.24) is 24.7 Å². The maximum atomic E-state index is 5.63. The first-order valence-corrected chi connectivity index (χ1v) is 10.1. The smallest absolute Gasteiger partial charge is 0.162 e. The summed E-state index contributed by atoms with van der Waals surface area (Å²) < 4.78 is 7.60. The number of nitrogens with zero attached hydrogens (tertiary/aromatic N) is 5. The van der Waals surface area contributed by atoms with E-state index in [1.165, 1.54) is 0 Å². The summed E-state index contributed by atoms with van der Waals surface area (Å²) in [6.45, 7) is 7.28. The van der Waals surface area contributed by atoms with Crippen molar-refractivity contribution in [2.24, 2.45) is 0 Å². The number of hydrogen-bond donors (Lipinski definition) is 1. The van der Waals surface area contributed by atoms with Crippen molar-refractivity contribution in [3.63, 3.8) is 0 Å². The van der Waals surface area contributed by atoms with Crippen LogP contribution in [0.25, 0.3) is 33.7 Å². The number of anilines is 1. The number of aryl methyl sites for hydroxylation is 1. The molecule has 0 aliphatic carbocycles. The highest BCUT2D eigenvalue weighted by Crippen LogP contribution is 2.31. The molecule has 148 valence electrons. The number of rotatable bonds is 4. The van der Waals surface area contributed by atoms with Gasteiger partial charge in [-0.25, -0.2) is 9.97 Å². The Morgan fingerprint density at radius 2 is 2.14 bits per heavy atom. The Hall–Kier alpha value is -3.19. The van der Waals surface area contributed by atoms with Crippen molar-refractivity contribution in [3.05, 3.63) is 48.8 Å². The molecule has 1 aliphatic heterocycles. The fraction of sp³-hybridized carbons (Fsp3) is 0.318. The Bertz CT molecular complexity index is 1150. The van der Waals surface area contributed by atoms with E-state index >= 15 is 0 Å². The Labute approximate surface area is 169 Å². The summed E-state index contributed by atoms with van der Waals surface area (Å²) in [6.07, 6.45) is 3.78. The van der Waals surface area contributed by atoms with Crippen LogP contribution in [0.1, 0.15) is 13.8 Å². The van der Waals surface area contributed by atoms with Gasteiger partial charge in [-0.15, -0.1) is 0 Å². The first-order valence-electron chi connectivity index (χ1n) is 10.1. The van der Waals surface area contributed by atoms with Gasteiger partial charge < -0.3 is 14.6 Å². The number of aromatic nitrogens is 5. The summed E-state index contributed by atoms with van der Waals surface area (Å²) in [5.74, 6) is 1.66. The average molecular weight is 388 g/mol. The first-order chi connectivity index (χ1) is 14.2. The fourth-order valence-corrected chi connectivity index (χ4v) is 3.98. The van der Waals surface area contributed by atoms with E-state index in [2.05, 4.69) is 53.1 Å². The van der Waals surface area contributed by atoms with E-state index < -0.39 is 0 Å². The third-order valence-corrected chi connectivity index (χ3v) is 5.49. The molecule has 1 N–H and O–H groups in total. The second-order valence-corrected chi connectivity index (χ2v) is 7.33. The number of morpholine rings is 1. The molecule has 1 aromatic carbocycles. The molecule has 5 rings (SSSR count). The van der Waals surface area contributed by atoms with Crippen LogP contribution >= 0.6 is 0 Å². The number of benzene rings is 1. The second kappa shape index (κ2) is 7.33. The first kappa shape index (κ1) is 17.9. The third kappa shape index (κ3) is 3.17. The zero-order valence-electron chi connectivity index (χ0n) is 16.7. The topological polar surface area (TPSA) is 71.9 Å². The number of hydrogen-bond acceptors (Lipinski definition) is 5. The summed E-state index contributed by atoms with van der Waals surface area (Å²) >= 11 is 0. The van der Waals surface area contributed by atoms with E-state index in [0.29, 0.717) is 13.2 Å². The molecule has 1 aliphatic rings. The van der Waals surface area contributed by atoms with Gasteiger partial charge in [-0.05, 0) is 32.0 Å². The summed E-state index contributed by atoms with van der Waals surface area (Å²) in [4.78, 5) is 15.5. The SMILES string of the molecule is CCn1nccc1-c1cc(N2CCOCC2C)nc(-c2cccc3[nH]ccc23)n1. The average Bonchev–Trinajstić information content (AvgIpc) is 3.42. The summed E-state index contributed by atoms with van der Waals surface area (Å²) in [5.41, 5.74) is 3.99. The van der Waals surface area contributed by atoms with Crippen LogP contribution in [0.3, 0.4) is 0 Å². The predicted octanol–water partition coefficient (Wildman–Crippen LogP) is 3.73. The fourth-order valence-electron chi connectivity index (χ4n) is 3.98. The number of ether oxygens (including phenoxy) is 1. The molecule has 0 saturated carbocycles. The van der Waals surface area contributed by atoms with Crippen LogP contribution in [0, 0.1) is 0 Å². The van der Waals surface area contributed by atoms with E-state index in [-0.39, 0.29) is 6.04 Å². The van der Waals surface area contributed by atoms with Gasteiger partial charge in [0.25, 0.3) is 0 Å². The van der Waals surface area contributed by atoms with Crippen LogP contribution < -0.4 is 4.90 Å². The molecule has 4 aromatic rings. The maximum absolute atomic E-state index is 5.63. The molecule has 0 amide bonds. The standard InChI is InChI=1S/C22H24N6O/c1-3-28-20(8-10-24-28)19-13-21(27-11-12-29-14-15(27)2)26-22(25-19)17-5-4-6-18-16(17)7-9-23-18/h4-10,13,15,23H,3,11-12,14H2,1-2H3. The molecular weight excluding hydrogens is 364 g/mol. The van der Waals surface area contributed by atoms with Crippen LogP contribution in [-0.2, 0) is 11.3 Å². The molecule has 7 nitrogen and oxygen atoms in total. The van der Waals surface area contributed by atoms with Gasteiger partial charge in [-0.2, -0.15) is 5.10 Å². The third-order valence-electron chi connectivity index (χ3n) is 5.49. The maximum Gasteiger partial charge on any atom is 0.162 e. The van der Waals surface area contributed by atoms with E-state index in [4.69, 9.17) is 14.7 Å². The number of fused-ring (bicyclic) bond motifs is 1. The summed E-state index contributed by atoms with van der Waals surface area (Å²) in [6, 6.07) is 12.6. The second-order valence-electron chi connectivity index (χ2n) is 7.33. The molecule has 1 fully saturated rings. The molecule has 0 radical (unpaired) electrons. The highest BCUT2D eigenvalue weighted by Gasteiger charge is 2.23. The lowest BCUT2D eigenvalue weighted by atomic mass is 10.1. The van der Waals surface area contributed by atoms with Gasteiger partial charge in [0.05, 0.1) is 30.6 Å². The van der Waals surface area contributed by atoms with Gasteiger partial charge in [0.1, 0.15) is 5.82 Å². The van der Waals surface area contributed by atoms with Gasteiger partial charge in [0.15, 0.2) is 5.82 Å². The van der Waals surface area contributed by atoms with Crippen LogP contribution in [0.4, 0.5) is 5.82 Å². The number of H-pyrrole nitrogens is 1. The van der Waals surface area contributed by atoms with Gasteiger partial charge >= 0.3 is 0 Å². The van der Waals surface area contributed by atoms with Crippen LogP contribution in [0.5, 0.6) is 0 Å². The zero-order valence-corrected chi connectivity index (χ0v) is 16.7. The van der Waals surface area contributed by atoms with Crippen LogP contribution in [0.2, 0.25) is 0 Å². The molecule has 0 spiro atoms. The lowest BCUT2D eigenvalue weighted by Gasteiger charge is -2.34. The summed E-state index contributed by atoms with van der Waals surface area (Å²) in [5, 5.41) is 5.55. The Kier molecular flexibility index (Phi) is 4.52. The van der Waals surface area contributed by atoms with Crippen molar-refractivity contribution in [1.29, 1.82) is 0 Å². The molecule has 3 aromatic heterocycles. The Morgan fingerprint density at radius 3 is 3.00 bits per heavy atom.